The fourth-order valence-corrected chi connectivity index (χ4v) is 2.92. The van der Waals surface area contributed by atoms with E-state index in [0.717, 1.165) is 44.6 Å². The second-order valence-electron chi connectivity index (χ2n) is 4.97. The van der Waals surface area contributed by atoms with Crippen molar-refractivity contribution in [3.63, 3.8) is 0 Å². The molecule has 6 heteroatoms. The summed E-state index contributed by atoms with van der Waals surface area (Å²) >= 11 is 3.21. The van der Waals surface area contributed by atoms with E-state index in [9.17, 15) is 10.1 Å². The van der Waals surface area contributed by atoms with Gasteiger partial charge in [-0.2, -0.15) is 0 Å². The first kappa shape index (κ1) is 15.4. The number of benzene rings is 1. The number of rotatable bonds is 5. The van der Waals surface area contributed by atoms with Crippen molar-refractivity contribution in [1.82, 2.24) is 4.90 Å². The number of halogens is 1. The molecule has 110 valence electrons. The molecular weight excluding hydrogens is 324 g/mol. The minimum absolute atomic E-state index is 0.131. The number of likely N-dealkylation sites (tertiary alicyclic amines) is 1. The Kier molecular flexibility index (Phi) is 5.51. The molecule has 20 heavy (non-hydrogen) atoms. The van der Waals surface area contributed by atoms with Crippen LogP contribution in [0.15, 0.2) is 22.7 Å². The monoisotopic (exact) mass is 342 g/mol. The van der Waals surface area contributed by atoms with E-state index < -0.39 is 0 Å². The van der Waals surface area contributed by atoms with Crippen LogP contribution in [-0.2, 0) is 11.3 Å². The Balaban J connectivity index is 1.94. The fraction of sp³-hybridized carbons (Fsp3) is 0.571. The van der Waals surface area contributed by atoms with E-state index in [0.29, 0.717) is 10.6 Å². The molecule has 0 aromatic heterocycles. The molecule has 0 N–H and O–H groups in total. The van der Waals surface area contributed by atoms with Gasteiger partial charge in [-0.05, 0) is 47.3 Å². The Morgan fingerprint density at radius 2 is 2.15 bits per heavy atom. The quantitative estimate of drug-likeness (QED) is 0.608. The lowest BCUT2D eigenvalue weighted by Gasteiger charge is -2.31. The van der Waals surface area contributed by atoms with E-state index in [2.05, 4.69) is 20.8 Å². The predicted molar refractivity (Wildman–Crippen MR) is 80.7 cm³/mol. The summed E-state index contributed by atoms with van der Waals surface area (Å²) < 4.78 is 6.15. The largest absolute Gasteiger partial charge is 0.378 e. The molecule has 1 fully saturated rings. The zero-order chi connectivity index (χ0) is 14.5. The van der Waals surface area contributed by atoms with Crippen molar-refractivity contribution in [2.45, 2.75) is 32.4 Å². The first-order chi connectivity index (χ1) is 9.60. The maximum Gasteiger partial charge on any atom is 0.283 e. The van der Waals surface area contributed by atoms with Crippen LogP contribution in [0, 0.1) is 10.1 Å². The van der Waals surface area contributed by atoms with Gasteiger partial charge in [0.15, 0.2) is 0 Å². The molecule has 0 bridgehead atoms. The van der Waals surface area contributed by atoms with Crippen LogP contribution < -0.4 is 0 Å². The second kappa shape index (κ2) is 7.15. The van der Waals surface area contributed by atoms with Gasteiger partial charge in [0, 0.05) is 32.3 Å². The molecular formula is C14H19BrN2O3. The highest BCUT2D eigenvalue weighted by Gasteiger charge is 2.20. The maximum atomic E-state index is 10.9. The van der Waals surface area contributed by atoms with Gasteiger partial charge in [0.2, 0.25) is 0 Å². The highest BCUT2D eigenvalue weighted by Crippen LogP contribution is 2.26. The summed E-state index contributed by atoms with van der Waals surface area (Å²) in [6, 6.07) is 5.34. The topological polar surface area (TPSA) is 55.6 Å². The van der Waals surface area contributed by atoms with Crippen LogP contribution in [0.1, 0.15) is 25.3 Å². The van der Waals surface area contributed by atoms with Crippen molar-refractivity contribution in [2.75, 3.05) is 19.7 Å². The second-order valence-corrected chi connectivity index (χ2v) is 5.83. The van der Waals surface area contributed by atoms with Crippen molar-refractivity contribution in [1.29, 1.82) is 0 Å². The number of nitro groups is 1. The molecule has 0 saturated carbocycles. The molecule has 2 rings (SSSR count). The van der Waals surface area contributed by atoms with Gasteiger partial charge in [0.1, 0.15) is 0 Å². The minimum atomic E-state index is -0.352. The van der Waals surface area contributed by atoms with E-state index in [1.54, 1.807) is 12.1 Å². The van der Waals surface area contributed by atoms with Gasteiger partial charge in [0.25, 0.3) is 5.69 Å². The predicted octanol–water partition coefficient (Wildman–Crippen LogP) is 3.36. The molecule has 0 amide bonds. The zero-order valence-corrected chi connectivity index (χ0v) is 13.1. The number of piperidine rings is 1. The lowest BCUT2D eigenvalue weighted by molar-refractivity contribution is -0.385. The number of ether oxygens (including phenoxy) is 1. The Morgan fingerprint density at radius 3 is 2.75 bits per heavy atom. The molecule has 1 heterocycles. The molecule has 0 spiro atoms. The Hall–Kier alpha value is -0.980. The van der Waals surface area contributed by atoms with Crippen LogP contribution >= 0.6 is 15.9 Å². The third-order valence-electron chi connectivity index (χ3n) is 3.55. The van der Waals surface area contributed by atoms with Crippen molar-refractivity contribution < 1.29 is 9.66 Å². The van der Waals surface area contributed by atoms with E-state index in [1.165, 1.54) is 0 Å². The van der Waals surface area contributed by atoms with Gasteiger partial charge in [-0.15, -0.1) is 0 Å². The van der Waals surface area contributed by atoms with Gasteiger partial charge in [-0.1, -0.05) is 6.07 Å². The number of nitro benzene ring substituents is 1. The highest BCUT2D eigenvalue weighted by atomic mass is 79.9. The van der Waals surface area contributed by atoms with Gasteiger partial charge >= 0.3 is 0 Å². The van der Waals surface area contributed by atoms with Crippen molar-refractivity contribution >= 4 is 21.6 Å². The zero-order valence-electron chi connectivity index (χ0n) is 11.5. The normalized spacial score (nSPS) is 17.3. The van der Waals surface area contributed by atoms with E-state index in [-0.39, 0.29) is 10.6 Å². The molecule has 1 saturated heterocycles. The third kappa shape index (κ3) is 4.01. The number of nitrogens with zero attached hydrogens (tertiary/aromatic N) is 2. The first-order valence-electron chi connectivity index (χ1n) is 6.87. The minimum Gasteiger partial charge on any atom is -0.378 e. The van der Waals surface area contributed by atoms with Gasteiger partial charge in [-0.25, -0.2) is 0 Å². The lowest BCUT2D eigenvalue weighted by atomic mass is 10.1. The molecule has 1 aromatic rings. The Morgan fingerprint density at radius 1 is 1.45 bits per heavy atom. The summed E-state index contributed by atoms with van der Waals surface area (Å²) in [5, 5.41) is 10.9. The van der Waals surface area contributed by atoms with Crippen LogP contribution in [-0.4, -0.2) is 35.6 Å². The molecule has 0 atom stereocenters. The van der Waals surface area contributed by atoms with Crippen molar-refractivity contribution in [3.05, 3.63) is 38.3 Å². The highest BCUT2D eigenvalue weighted by molar-refractivity contribution is 9.10. The Bertz CT molecular complexity index is 473. The van der Waals surface area contributed by atoms with Crippen LogP contribution in [0.4, 0.5) is 5.69 Å². The molecule has 1 aromatic carbocycles. The van der Waals surface area contributed by atoms with Crippen molar-refractivity contribution in [2.24, 2.45) is 0 Å². The van der Waals surface area contributed by atoms with Crippen LogP contribution in [0.3, 0.4) is 0 Å². The molecule has 0 unspecified atom stereocenters. The lowest BCUT2D eigenvalue weighted by Crippen LogP contribution is -2.36. The van der Waals surface area contributed by atoms with E-state index >= 15 is 0 Å². The van der Waals surface area contributed by atoms with Crippen molar-refractivity contribution in [3.8, 4) is 0 Å². The molecule has 1 aliphatic rings. The third-order valence-corrected chi connectivity index (χ3v) is 4.22. The van der Waals surface area contributed by atoms with Gasteiger partial charge < -0.3 is 4.74 Å². The van der Waals surface area contributed by atoms with Crippen LogP contribution in [0.5, 0.6) is 0 Å². The fourth-order valence-electron chi connectivity index (χ4n) is 2.52. The first-order valence-corrected chi connectivity index (χ1v) is 7.66. The van der Waals surface area contributed by atoms with Crippen LogP contribution in [0.2, 0.25) is 0 Å². The SMILES string of the molecule is CCOC1CCN(Cc2ccc(Br)c([N+](=O)[O-])c2)CC1. The molecule has 0 radical (unpaired) electrons. The van der Waals surface area contributed by atoms with Crippen LogP contribution in [0.25, 0.3) is 0 Å². The van der Waals surface area contributed by atoms with E-state index in [1.807, 2.05) is 13.0 Å². The summed E-state index contributed by atoms with van der Waals surface area (Å²) in [7, 11) is 0. The maximum absolute atomic E-state index is 10.9. The summed E-state index contributed by atoms with van der Waals surface area (Å²) in [5.74, 6) is 0. The van der Waals surface area contributed by atoms with Gasteiger partial charge in [0.05, 0.1) is 15.5 Å². The number of hydrogen-bond acceptors (Lipinski definition) is 4. The smallest absolute Gasteiger partial charge is 0.283 e. The standard InChI is InChI=1S/C14H19BrN2O3/c1-2-20-12-5-7-16(8-6-12)10-11-3-4-13(15)14(9-11)17(18)19/h3-4,9,12H,2,5-8,10H2,1H3. The molecule has 0 aliphatic carbocycles. The Labute approximate surface area is 127 Å². The molecule has 1 aliphatic heterocycles. The average molecular weight is 343 g/mol. The van der Waals surface area contributed by atoms with Gasteiger partial charge in [-0.3, -0.25) is 15.0 Å². The summed E-state index contributed by atoms with van der Waals surface area (Å²) in [6.07, 6.45) is 2.44. The average Bonchev–Trinajstić information content (AvgIpc) is 2.43. The number of hydrogen-bond donors (Lipinski definition) is 0. The van der Waals surface area contributed by atoms with E-state index in [4.69, 9.17) is 4.74 Å². The summed E-state index contributed by atoms with van der Waals surface area (Å²) in [6.45, 7) is 5.51. The summed E-state index contributed by atoms with van der Waals surface area (Å²) in [4.78, 5) is 12.9. The summed E-state index contributed by atoms with van der Waals surface area (Å²) in [5.41, 5.74) is 1.11. The molecule has 5 nitrogen and oxygen atoms in total.